The average molecular weight is 623 g/mol. The molecule has 5 rings (SSSR count). The van der Waals surface area contributed by atoms with E-state index < -0.39 is 12.0 Å². The molecule has 1 N–H and O–H groups in total. The van der Waals surface area contributed by atoms with Crippen LogP contribution in [0.2, 0.25) is 0 Å². The molecule has 47 heavy (non-hydrogen) atoms. The van der Waals surface area contributed by atoms with Gasteiger partial charge in [0.1, 0.15) is 18.4 Å². The topological polar surface area (TPSA) is 84.9 Å². The van der Waals surface area contributed by atoms with Crippen molar-refractivity contribution < 1.29 is 23.9 Å². The van der Waals surface area contributed by atoms with Gasteiger partial charge in [0.2, 0.25) is 0 Å². The SMILES string of the molecule is COC(=O)[C@H](Cc1ccc(OCCN(C(=O)C#Cc2ccccc2)c2ccccc2)cc1)Nc1ccccc1C(=O)c1ccccc1. The van der Waals surface area contributed by atoms with Crippen molar-refractivity contribution in [3.05, 3.63) is 162 Å². The minimum absolute atomic E-state index is 0.144. The molecule has 1 atom stereocenters. The van der Waals surface area contributed by atoms with Crippen LogP contribution < -0.4 is 15.0 Å². The molecule has 0 aliphatic heterocycles. The predicted octanol–water partition coefficient (Wildman–Crippen LogP) is 6.58. The van der Waals surface area contributed by atoms with Gasteiger partial charge in [0.05, 0.1) is 13.7 Å². The fourth-order valence-electron chi connectivity index (χ4n) is 4.96. The number of para-hydroxylation sites is 2. The van der Waals surface area contributed by atoms with Crippen LogP contribution in [0, 0.1) is 11.8 Å². The van der Waals surface area contributed by atoms with Gasteiger partial charge in [-0.3, -0.25) is 14.5 Å². The number of hydrogen-bond acceptors (Lipinski definition) is 6. The number of ether oxygens (including phenoxy) is 2. The van der Waals surface area contributed by atoms with E-state index in [-0.39, 0.29) is 18.3 Å². The summed E-state index contributed by atoms with van der Waals surface area (Å²) in [5, 5.41) is 3.23. The first-order valence-electron chi connectivity index (χ1n) is 15.2. The Morgan fingerprint density at radius 1 is 0.745 bits per heavy atom. The zero-order chi connectivity index (χ0) is 32.8. The Balaban J connectivity index is 1.23. The average Bonchev–Trinajstić information content (AvgIpc) is 3.13. The second-order valence-corrected chi connectivity index (χ2v) is 10.6. The number of nitrogens with zero attached hydrogens (tertiary/aromatic N) is 1. The van der Waals surface area contributed by atoms with Crippen LogP contribution in [-0.4, -0.2) is 44.0 Å². The van der Waals surface area contributed by atoms with E-state index in [9.17, 15) is 14.4 Å². The lowest BCUT2D eigenvalue weighted by atomic mass is 10.00. The molecule has 0 heterocycles. The smallest absolute Gasteiger partial charge is 0.328 e. The van der Waals surface area contributed by atoms with E-state index in [1.54, 1.807) is 35.2 Å². The number of anilines is 2. The van der Waals surface area contributed by atoms with E-state index in [0.717, 1.165) is 16.8 Å². The molecule has 0 fully saturated rings. The van der Waals surface area contributed by atoms with Crippen LogP contribution in [0.1, 0.15) is 27.0 Å². The molecule has 5 aromatic carbocycles. The Bertz CT molecular complexity index is 1850. The third kappa shape index (κ3) is 8.96. The Hall–Kier alpha value is -6.13. The van der Waals surface area contributed by atoms with E-state index >= 15 is 0 Å². The van der Waals surface area contributed by atoms with Crippen molar-refractivity contribution in [2.75, 3.05) is 30.5 Å². The molecule has 0 aliphatic rings. The number of nitrogens with one attached hydrogen (secondary N) is 1. The number of esters is 1. The number of amides is 1. The Labute approximate surface area is 274 Å². The minimum Gasteiger partial charge on any atom is -0.492 e. The summed E-state index contributed by atoms with van der Waals surface area (Å²) in [7, 11) is 1.34. The number of methoxy groups -OCH3 is 1. The summed E-state index contributed by atoms with van der Waals surface area (Å²) in [5.41, 5.74) is 3.92. The molecule has 5 aromatic rings. The molecule has 0 bridgehead atoms. The molecular weight excluding hydrogens is 588 g/mol. The van der Waals surface area contributed by atoms with Gasteiger partial charge in [0.15, 0.2) is 5.78 Å². The summed E-state index contributed by atoms with van der Waals surface area (Å²) < 4.78 is 11.1. The molecular formula is C40H34N2O5. The normalized spacial score (nSPS) is 10.9. The Kier molecular flexibility index (Phi) is 11.2. The fraction of sp³-hybridized carbons (Fsp3) is 0.125. The molecule has 1 amide bonds. The van der Waals surface area contributed by atoms with Crippen LogP contribution in [0.25, 0.3) is 0 Å². The summed E-state index contributed by atoms with van der Waals surface area (Å²) in [6, 6.07) is 41.5. The largest absolute Gasteiger partial charge is 0.492 e. The summed E-state index contributed by atoms with van der Waals surface area (Å²) in [6.07, 6.45) is 0.317. The van der Waals surface area contributed by atoms with Crippen LogP contribution >= 0.6 is 0 Å². The third-order valence-electron chi connectivity index (χ3n) is 7.37. The van der Waals surface area contributed by atoms with Crippen molar-refractivity contribution in [2.45, 2.75) is 12.5 Å². The molecule has 0 radical (unpaired) electrons. The number of hydrogen-bond donors (Lipinski definition) is 1. The highest BCUT2D eigenvalue weighted by molar-refractivity contribution is 6.12. The molecule has 0 saturated heterocycles. The first-order chi connectivity index (χ1) is 23.0. The van der Waals surface area contributed by atoms with Gasteiger partial charge in [-0.1, -0.05) is 96.9 Å². The lowest BCUT2D eigenvalue weighted by Gasteiger charge is -2.21. The van der Waals surface area contributed by atoms with Gasteiger partial charge in [-0.05, 0) is 54.1 Å². The van der Waals surface area contributed by atoms with Gasteiger partial charge in [0.25, 0.3) is 0 Å². The van der Waals surface area contributed by atoms with Crippen molar-refractivity contribution in [3.8, 4) is 17.6 Å². The molecule has 0 spiro atoms. The van der Waals surface area contributed by atoms with Gasteiger partial charge >= 0.3 is 11.9 Å². The predicted molar refractivity (Wildman–Crippen MR) is 183 cm³/mol. The lowest BCUT2D eigenvalue weighted by Crippen LogP contribution is -2.33. The van der Waals surface area contributed by atoms with E-state index in [1.165, 1.54) is 7.11 Å². The van der Waals surface area contributed by atoms with Gasteiger partial charge < -0.3 is 14.8 Å². The summed E-state index contributed by atoms with van der Waals surface area (Å²) in [6.45, 7) is 0.537. The minimum atomic E-state index is -0.737. The van der Waals surface area contributed by atoms with Gasteiger partial charge in [-0.15, -0.1) is 0 Å². The monoisotopic (exact) mass is 622 g/mol. The van der Waals surface area contributed by atoms with Crippen molar-refractivity contribution in [1.29, 1.82) is 0 Å². The summed E-state index contributed by atoms with van der Waals surface area (Å²) in [5.74, 6) is 5.37. The molecule has 0 unspecified atom stereocenters. The first-order valence-corrected chi connectivity index (χ1v) is 15.2. The van der Waals surface area contributed by atoms with E-state index in [0.29, 0.717) is 35.5 Å². The van der Waals surface area contributed by atoms with Gasteiger partial charge in [0, 0.05) is 40.4 Å². The second kappa shape index (κ2) is 16.3. The maximum Gasteiger partial charge on any atom is 0.328 e. The highest BCUT2D eigenvalue weighted by Gasteiger charge is 2.23. The summed E-state index contributed by atoms with van der Waals surface area (Å²) in [4.78, 5) is 40.7. The van der Waals surface area contributed by atoms with E-state index in [2.05, 4.69) is 17.2 Å². The molecule has 0 saturated carbocycles. The molecule has 7 heteroatoms. The van der Waals surface area contributed by atoms with Crippen LogP contribution in [0.4, 0.5) is 11.4 Å². The molecule has 7 nitrogen and oxygen atoms in total. The van der Waals surface area contributed by atoms with Crippen molar-refractivity contribution in [1.82, 2.24) is 0 Å². The number of carbonyl (C=O) groups excluding carboxylic acids is 3. The lowest BCUT2D eigenvalue weighted by molar-refractivity contribution is -0.141. The standard InChI is InChI=1S/C40H34N2O5/c1-46-40(45)37(41-36-20-12-11-19-35(36)39(44)32-15-7-3-8-16-32)29-31-21-24-34(25-22-31)47-28-27-42(33-17-9-4-10-18-33)38(43)26-23-30-13-5-2-6-14-30/h2-22,24-25,37,41H,27-29H2,1H3/t37-/m0/s1. The van der Waals surface area contributed by atoms with Crippen molar-refractivity contribution in [2.24, 2.45) is 0 Å². The molecule has 0 aromatic heterocycles. The molecule has 234 valence electrons. The second-order valence-electron chi connectivity index (χ2n) is 10.6. The number of rotatable bonds is 12. The van der Waals surface area contributed by atoms with E-state index in [1.807, 2.05) is 109 Å². The van der Waals surface area contributed by atoms with Crippen LogP contribution in [-0.2, 0) is 20.7 Å². The highest BCUT2D eigenvalue weighted by Crippen LogP contribution is 2.22. The maximum absolute atomic E-state index is 13.2. The molecule has 0 aliphatic carbocycles. The number of carbonyl (C=O) groups is 3. The highest BCUT2D eigenvalue weighted by atomic mass is 16.5. The maximum atomic E-state index is 13.2. The van der Waals surface area contributed by atoms with Crippen LogP contribution in [0.15, 0.2) is 140 Å². The van der Waals surface area contributed by atoms with Crippen molar-refractivity contribution in [3.63, 3.8) is 0 Å². The zero-order valence-corrected chi connectivity index (χ0v) is 26.0. The van der Waals surface area contributed by atoms with Crippen molar-refractivity contribution >= 4 is 29.0 Å². The summed E-state index contributed by atoms with van der Waals surface area (Å²) >= 11 is 0. The fourth-order valence-corrected chi connectivity index (χ4v) is 4.96. The first kappa shape index (κ1) is 32.3. The van der Waals surface area contributed by atoms with Crippen LogP contribution in [0.5, 0.6) is 5.75 Å². The van der Waals surface area contributed by atoms with Gasteiger partial charge in [-0.2, -0.15) is 0 Å². The Morgan fingerprint density at radius 2 is 1.36 bits per heavy atom. The van der Waals surface area contributed by atoms with Gasteiger partial charge in [-0.25, -0.2) is 4.79 Å². The third-order valence-corrected chi connectivity index (χ3v) is 7.37. The number of benzene rings is 5. The van der Waals surface area contributed by atoms with Crippen LogP contribution in [0.3, 0.4) is 0 Å². The van der Waals surface area contributed by atoms with E-state index in [4.69, 9.17) is 9.47 Å². The quantitative estimate of drug-likeness (QED) is 0.0962. The Morgan fingerprint density at radius 3 is 2.04 bits per heavy atom. The number of ketones is 1. The zero-order valence-electron chi connectivity index (χ0n) is 26.0.